The normalized spacial score (nSPS) is 16.8. The van der Waals surface area contributed by atoms with E-state index >= 15 is 0 Å². The standard InChI is InChI=1S/C16H19F7O/c1-12(2,3)10-7-5-6-8-11(10)13(4,24)9-14(17,15(18,19)20)16(21,22)23/h5-8,24H,9H2,1-4H3. The van der Waals surface area contributed by atoms with Crippen LogP contribution in [0.3, 0.4) is 0 Å². The maximum absolute atomic E-state index is 14.0. The molecule has 0 aliphatic rings. The molecular weight excluding hydrogens is 341 g/mol. The van der Waals surface area contributed by atoms with E-state index in [-0.39, 0.29) is 5.56 Å². The molecule has 0 amide bonds. The second-order valence-electron chi connectivity index (χ2n) is 7.04. The lowest BCUT2D eigenvalue weighted by Crippen LogP contribution is -2.56. The summed E-state index contributed by atoms with van der Waals surface area (Å²) in [6, 6.07) is 5.58. The van der Waals surface area contributed by atoms with Crippen LogP contribution in [0.25, 0.3) is 0 Å². The van der Waals surface area contributed by atoms with Crippen molar-refractivity contribution in [2.45, 2.75) is 63.2 Å². The summed E-state index contributed by atoms with van der Waals surface area (Å²) in [5.74, 6) is 0. The molecule has 1 aromatic carbocycles. The zero-order valence-corrected chi connectivity index (χ0v) is 13.6. The Morgan fingerprint density at radius 1 is 0.750 bits per heavy atom. The fraction of sp³-hybridized carbons (Fsp3) is 0.625. The predicted molar refractivity (Wildman–Crippen MR) is 75.3 cm³/mol. The Balaban J connectivity index is 3.46. The van der Waals surface area contributed by atoms with Crippen LogP contribution >= 0.6 is 0 Å². The van der Waals surface area contributed by atoms with E-state index in [1.165, 1.54) is 24.3 Å². The fourth-order valence-electron chi connectivity index (χ4n) is 2.54. The van der Waals surface area contributed by atoms with E-state index in [4.69, 9.17) is 0 Å². The van der Waals surface area contributed by atoms with Crippen LogP contribution in [0, 0.1) is 0 Å². The first-order chi connectivity index (χ1) is 10.4. The van der Waals surface area contributed by atoms with Crippen LogP contribution in [0.4, 0.5) is 30.7 Å². The molecule has 0 radical (unpaired) electrons. The Labute approximate surface area is 135 Å². The molecule has 8 heteroatoms. The van der Waals surface area contributed by atoms with Crippen LogP contribution in [0.2, 0.25) is 0 Å². The molecule has 0 saturated carbocycles. The Bertz CT molecular complexity index is 565. The van der Waals surface area contributed by atoms with Gasteiger partial charge in [0.25, 0.3) is 0 Å². The van der Waals surface area contributed by atoms with E-state index in [0.717, 1.165) is 6.92 Å². The Morgan fingerprint density at radius 2 is 1.12 bits per heavy atom. The van der Waals surface area contributed by atoms with Crippen LogP contribution in [-0.2, 0) is 11.0 Å². The van der Waals surface area contributed by atoms with Crippen LogP contribution in [0.1, 0.15) is 45.2 Å². The minimum Gasteiger partial charge on any atom is -0.385 e. The Hall–Kier alpha value is -1.31. The summed E-state index contributed by atoms with van der Waals surface area (Å²) in [6.45, 7) is 5.79. The van der Waals surface area contributed by atoms with Crippen LogP contribution < -0.4 is 0 Å². The maximum Gasteiger partial charge on any atom is 0.431 e. The van der Waals surface area contributed by atoms with Crippen molar-refractivity contribution in [1.82, 2.24) is 0 Å². The zero-order valence-electron chi connectivity index (χ0n) is 13.6. The van der Waals surface area contributed by atoms with Gasteiger partial charge in [0.15, 0.2) is 0 Å². The number of hydrogen-bond donors (Lipinski definition) is 1. The summed E-state index contributed by atoms with van der Waals surface area (Å²) in [5.41, 5.74) is -8.71. The average Bonchev–Trinajstić information content (AvgIpc) is 2.34. The molecule has 1 aromatic rings. The van der Waals surface area contributed by atoms with Crippen molar-refractivity contribution in [2.75, 3.05) is 0 Å². The van der Waals surface area contributed by atoms with Gasteiger partial charge in [0.05, 0.1) is 5.60 Å². The maximum atomic E-state index is 14.0. The molecule has 0 saturated heterocycles. The van der Waals surface area contributed by atoms with Gasteiger partial charge in [-0.1, -0.05) is 45.0 Å². The molecule has 24 heavy (non-hydrogen) atoms. The first kappa shape index (κ1) is 20.7. The van der Waals surface area contributed by atoms with Crippen LogP contribution in [0.15, 0.2) is 24.3 Å². The molecule has 1 N–H and O–H groups in total. The van der Waals surface area contributed by atoms with Crippen molar-refractivity contribution in [3.05, 3.63) is 35.4 Å². The lowest BCUT2D eigenvalue weighted by molar-refractivity contribution is -0.352. The number of halogens is 7. The molecule has 0 spiro atoms. The van der Waals surface area contributed by atoms with Gasteiger partial charge in [-0.25, -0.2) is 4.39 Å². The number of aliphatic hydroxyl groups is 1. The summed E-state index contributed by atoms with van der Waals surface area (Å²) in [7, 11) is 0. The molecule has 0 fully saturated rings. The van der Waals surface area contributed by atoms with Crippen LogP contribution in [0.5, 0.6) is 0 Å². The predicted octanol–water partition coefficient (Wildman–Crippen LogP) is 5.41. The Kier molecular flexibility index (Phi) is 5.09. The second kappa shape index (κ2) is 5.89. The minimum atomic E-state index is -6.20. The van der Waals surface area contributed by atoms with Crippen molar-refractivity contribution in [3.63, 3.8) is 0 Å². The first-order valence-electron chi connectivity index (χ1n) is 7.08. The smallest absolute Gasteiger partial charge is 0.385 e. The van der Waals surface area contributed by atoms with Crippen molar-refractivity contribution >= 4 is 0 Å². The lowest BCUT2D eigenvalue weighted by atomic mass is 9.75. The van der Waals surface area contributed by atoms with E-state index in [1.54, 1.807) is 20.8 Å². The molecule has 0 aromatic heterocycles. The highest BCUT2D eigenvalue weighted by molar-refractivity contribution is 5.37. The van der Waals surface area contributed by atoms with Crippen molar-refractivity contribution < 1.29 is 35.8 Å². The summed E-state index contributed by atoms with van der Waals surface area (Å²) >= 11 is 0. The third-order valence-corrected chi connectivity index (χ3v) is 3.80. The van der Waals surface area contributed by atoms with Gasteiger partial charge in [0, 0.05) is 6.42 Å². The van der Waals surface area contributed by atoms with Gasteiger partial charge in [-0.15, -0.1) is 0 Å². The SMILES string of the molecule is CC(C)(C)c1ccccc1C(C)(O)CC(F)(C(F)(F)F)C(F)(F)F. The third-order valence-electron chi connectivity index (χ3n) is 3.80. The van der Waals surface area contributed by atoms with E-state index < -0.39 is 35.5 Å². The van der Waals surface area contributed by atoms with Gasteiger partial charge >= 0.3 is 18.0 Å². The average molecular weight is 360 g/mol. The van der Waals surface area contributed by atoms with Gasteiger partial charge in [0.2, 0.25) is 0 Å². The molecule has 0 heterocycles. The summed E-state index contributed by atoms with van der Waals surface area (Å²) < 4.78 is 90.7. The number of rotatable bonds is 3. The lowest BCUT2D eigenvalue weighted by Gasteiger charge is -2.38. The largest absolute Gasteiger partial charge is 0.431 e. The fourth-order valence-corrected chi connectivity index (χ4v) is 2.54. The molecule has 1 unspecified atom stereocenters. The van der Waals surface area contributed by atoms with E-state index in [2.05, 4.69) is 0 Å². The third kappa shape index (κ3) is 3.84. The highest BCUT2D eigenvalue weighted by Gasteiger charge is 2.73. The molecular formula is C16H19F7O. The zero-order chi connectivity index (χ0) is 19.2. The number of hydrogen-bond acceptors (Lipinski definition) is 1. The first-order valence-corrected chi connectivity index (χ1v) is 7.08. The van der Waals surface area contributed by atoms with Gasteiger partial charge in [-0.05, 0) is 23.5 Å². The Morgan fingerprint density at radius 3 is 1.46 bits per heavy atom. The highest BCUT2D eigenvalue weighted by atomic mass is 19.4. The van der Waals surface area contributed by atoms with Crippen molar-refractivity contribution in [3.8, 4) is 0 Å². The van der Waals surface area contributed by atoms with Crippen LogP contribution in [-0.4, -0.2) is 23.1 Å². The summed E-state index contributed by atoms with van der Waals surface area (Å²) in [6.07, 6.45) is -14.6. The van der Waals surface area contributed by atoms with Gasteiger partial charge in [-0.3, -0.25) is 0 Å². The molecule has 138 valence electrons. The van der Waals surface area contributed by atoms with Crippen molar-refractivity contribution in [1.29, 1.82) is 0 Å². The molecule has 1 nitrogen and oxygen atoms in total. The number of alkyl halides is 7. The molecule has 0 bridgehead atoms. The highest BCUT2D eigenvalue weighted by Crippen LogP contribution is 2.52. The van der Waals surface area contributed by atoms with E-state index in [1.807, 2.05) is 0 Å². The van der Waals surface area contributed by atoms with Crippen molar-refractivity contribution in [2.24, 2.45) is 0 Å². The molecule has 0 aliphatic carbocycles. The quantitative estimate of drug-likeness (QED) is 0.714. The minimum absolute atomic E-state index is 0.173. The molecule has 1 rings (SSSR count). The van der Waals surface area contributed by atoms with Gasteiger partial charge < -0.3 is 5.11 Å². The number of benzene rings is 1. The second-order valence-corrected chi connectivity index (χ2v) is 7.04. The van der Waals surface area contributed by atoms with Gasteiger partial charge in [-0.2, -0.15) is 26.3 Å². The molecule has 1 atom stereocenters. The summed E-state index contributed by atoms with van der Waals surface area (Å²) in [5, 5.41) is 10.4. The van der Waals surface area contributed by atoms with E-state index in [9.17, 15) is 35.8 Å². The summed E-state index contributed by atoms with van der Waals surface area (Å²) in [4.78, 5) is 0. The molecule has 0 aliphatic heterocycles. The topological polar surface area (TPSA) is 20.2 Å². The van der Waals surface area contributed by atoms with E-state index in [0.29, 0.717) is 5.56 Å². The van der Waals surface area contributed by atoms with Gasteiger partial charge in [0.1, 0.15) is 0 Å². The monoisotopic (exact) mass is 360 g/mol.